The number of nitrogens with one attached hydrogen (secondary N) is 1. The van der Waals surface area contributed by atoms with Gasteiger partial charge in [-0.1, -0.05) is 36.4 Å². The van der Waals surface area contributed by atoms with E-state index in [2.05, 4.69) is 5.32 Å². The van der Waals surface area contributed by atoms with E-state index in [-0.39, 0.29) is 11.7 Å². The van der Waals surface area contributed by atoms with Gasteiger partial charge in [-0.25, -0.2) is 4.39 Å². The van der Waals surface area contributed by atoms with Gasteiger partial charge in [0, 0.05) is 11.3 Å². The predicted molar refractivity (Wildman–Crippen MR) is 91.6 cm³/mol. The lowest BCUT2D eigenvalue weighted by Crippen LogP contribution is -2.11. The zero-order valence-corrected chi connectivity index (χ0v) is 12.9. The minimum atomic E-state index is -0.279. The molecule has 120 valence electrons. The van der Waals surface area contributed by atoms with Crippen LogP contribution in [0.4, 0.5) is 10.1 Å². The second-order valence-corrected chi connectivity index (χ2v) is 5.26. The molecule has 0 unspecified atom stereocenters. The molecule has 0 aromatic heterocycles. The molecule has 0 spiro atoms. The number of rotatable bonds is 5. The Kier molecular flexibility index (Phi) is 4.87. The number of benzene rings is 3. The second-order valence-electron chi connectivity index (χ2n) is 5.26. The molecule has 3 aromatic rings. The van der Waals surface area contributed by atoms with Gasteiger partial charge in [0.25, 0.3) is 5.91 Å². The van der Waals surface area contributed by atoms with Gasteiger partial charge in [-0.05, 0) is 48.0 Å². The summed E-state index contributed by atoms with van der Waals surface area (Å²) in [7, 11) is 0. The van der Waals surface area contributed by atoms with E-state index in [1.54, 1.807) is 36.4 Å². The summed E-state index contributed by atoms with van der Waals surface area (Å²) >= 11 is 0. The number of hydrogen-bond donors (Lipinski definition) is 1. The number of ether oxygens (including phenoxy) is 1. The minimum Gasteiger partial charge on any atom is -0.489 e. The molecule has 0 radical (unpaired) electrons. The van der Waals surface area contributed by atoms with Gasteiger partial charge >= 0.3 is 0 Å². The van der Waals surface area contributed by atoms with Gasteiger partial charge in [0.1, 0.15) is 18.2 Å². The molecule has 0 aliphatic heterocycles. The zero-order chi connectivity index (χ0) is 16.8. The Balaban J connectivity index is 1.65. The average Bonchev–Trinajstić information content (AvgIpc) is 2.62. The van der Waals surface area contributed by atoms with Gasteiger partial charge in [0.2, 0.25) is 0 Å². The highest BCUT2D eigenvalue weighted by atomic mass is 19.1. The van der Waals surface area contributed by atoms with E-state index in [9.17, 15) is 9.18 Å². The molecule has 4 heteroatoms. The molecule has 0 fully saturated rings. The maximum absolute atomic E-state index is 12.9. The standard InChI is InChI=1S/C20H16FNO2/c21-17-11-9-15(10-12-17)14-24-19-8-4-5-16(13-19)20(23)22-18-6-2-1-3-7-18/h1-13H,14H2,(H,22,23). The molecule has 0 saturated heterocycles. The van der Waals surface area contributed by atoms with Crippen LogP contribution in [0, 0.1) is 5.82 Å². The molecule has 0 heterocycles. The highest BCUT2D eigenvalue weighted by Crippen LogP contribution is 2.17. The zero-order valence-electron chi connectivity index (χ0n) is 12.9. The van der Waals surface area contributed by atoms with Crippen LogP contribution in [0.5, 0.6) is 5.75 Å². The summed E-state index contributed by atoms with van der Waals surface area (Å²) in [5.74, 6) is 0.104. The Morgan fingerprint density at radius 3 is 2.42 bits per heavy atom. The monoisotopic (exact) mass is 321 g/mol. The summed E-state index contributed by atoms with van der Waals surface area (Å²) in [5, 5.41) is 2.83. The smallest absolute Gasteiger partial charge is 0.255 e. The Bertz CT molecular complexity index is 817. The van der Waals surface area contributed by atoms with Crippen molar-refractivity contribution in [2.24, 2.45) is 0 Å². The molecule has 0 atom stereocenters. The predicted octanol–water partition coefficient (Wildman–Crippen LogP) is 4.66. The number of amides is 1. The molecular formula is C20H16FNO2. The molecule has 0 saturated carbocycles. The summed E-state index contributed by atoms with van der Waals surface area (Å²) in [6.45, 7) is 0.310. The lowest BCUT2D eigenvalue weighted by molar-refractivity contribution is 0.102. The molecule has 3 nitrogen and oxygen atoms in total. The summed E-state index contributed by atoms with van der Waals surface area (Å²) in [4.78, 5) is 12.3. The van der Waals surface area contributed by atoms with Gasteiger partial charge in [-0.15, -0.1) is 0 Å². The van der Waals surface area contributed by atoms with Gasteiger partial charge in [0.15, 0.2) is 0 Å². The van der Waals surface area contributed by atoms with Crippen molar-refractivity contribution in [3.63, 3.8) is 0 Å². The molecule has 3 rings (SSSR count). The quantitative estimate of drug-likeness (QED) is 0.742. The van der Waals surface area contributed by atoms with Crippen LogP contribution < -0.4 is 10.1 Å². The van der Waals surface area contributed by atoms with E-state index in [0.717, 1.165) is 11.3 Å². The van der Waals surface area contributed by atoms with Crippen LogP contribution in [0.15, 0.2) is 78.9 Å². The van der Waals surface area contributed by atoms with Crippen molar-refractivity contribution in [1.29, 1.82) is 0 Å². The lowest BCUT2D eigenvalue weighted by Gasteiger charge is -2.09. The van der Waals surface area contributed by atoms with Crippen LogP contribution in [0.3, 0.4) is 0 Å². The van der Waals surface area contributed by atoms with Gasteiger partial charge < -0.3 is 10.1 Å². The Hall–Kier alpha value is -3.14. The highest BCUT2D eigenvalue weighted by molar-refractivity contribution is 6.04. The molecule has 3 aromatic carbocycles. The average molecular weight is 321 g/mol. The number of para-hydroxylation sites is 1. The number of carbonyl (C=O) groups excluding carboxylic acids is 1. The van der Waals surface area contributed by atoms with Gasteiger partial charge in [-0.2, -0.15) is 0 Å². The summed E-state index contributed by atoms with van der Waals surface area (Å²) in [6, 6.07) is 22.3. The molecule has 0 aliphatic rings. The highest BCUT2D eigenvalue weighted by Gasteiger charge is 2.07. The van der Waals surface area contributed by atoms with Crippen LogP contribution in [-0.4, -0.2) is 5.91 Å². The molecule has 24 heavy (non-hydrogen) atoms. The maximum atomic E-state index is 12.9. The number of anilines is 1. The third-order valence-corrected chi connectivity index (χ3v) is 3.45. The molecule has 0 aliphatic carbocycles. The van der Waals surface area contributed by atoms with Gasteiger partial charge in [-0.3, -0.25) is 4.79 Å². The molecular weight excluding hydrogens is 305 g/mol. The Labute approximate surface area is 139 Å². The Morgan fingerprint density at radius 1 is 0.917 bits per heavy atom. The SMILES string of the molecule is O=C(Nc1ccccc1)c1cccc(OCc2ccc(F)cc2)c1. The maximum Gasteiger partial charge on any atom is 0.255 e. The van der Waals surface area contributed by atoms with Crippen LogP contribution in [0.1, 0.15) is 15.9 Å². The number of carbonyl (C=O) groups is 1. The van der Waals surface area contributed by atoms with Crippen molar-refractivity contribution in [2.75, 3.05) is 5.32 Å². The van der Waals surface area contributed by atoms with Crippen LogP contribution in [0.25, 0.3) is 0 Å². The van der Waals surface area contributed by atoms with Crippen LogP contribution in [0.2, 0.25) is 0 Å². The third-order valence-electron chi connectivity index (χ3n) is 3.45. The van der Waals surface area contributed by atoms with E-state index in [0.29, 0.717) is 17.9 Å². The first-order valence-corrected chi connectivity index (χ1v) is 7.54. The van der Waals surface area contributed by atoms with Crippen molar-refractivity contribution < 1.29 is 13.9 Å². The summed E-state index contributed by atoms with van der Waals surface area (Å²) in [5.41, 5.74) is 2.10. The topological polar surface area (TPSA) is 38.3 Å². The Morgan fingerprint density at radius 2 is 1.67 bits per heavy atom. The fraction of sp³-hybridized carbons (Fsp3) is 0.0500. The first-order chi connectivity index (χ1) is 11.7. The summed E-state index contributed by atoms with van der Waals surface area (Å²) < 4.78 is 18.6. The lowest BCUT2D eigenvalue weighted by atomic mass is 10.2. The van der Waals surface area contributed by atoms with E-state index in [4.69, 9.17) is 4.74 Å². The largest absolute Gasteiger partial charge is 0.489 e. The van der Waals surface area contributed by atoms with E-state index in [1.807, 2.05) is 30.3 Å². The van der Waals surface area contributed by atoms with Crippen LogP contribution in [-0.2, 0) is 6.61 Å². The molecule has 1 amide bonds. The van der Waals surface area contributed by atoms with Crippen molar-refractivity contribution in [3.05, 3.63) is 95.8 Å². The van der Waals surface area contributed by atoms with E-state index in [1.165, 1.54) is 12.1 Å². The molecule has 0 bridgehead atoms. The van der Waals surface area contributed by atoms with Gasteiger partial charge in [0.05, 0.1) is 0 Å². The second kappa shape index (κ2) is 7.42. The normalized spacial score (nSPS) is 10.2. The van der Waals surface area contributed by atoms with Crippen molar-refractivity contribution in [1.82, 2.24) is 0 Å². The fourth-order valence-electron chi connectivity index (χ4n) is 2.20. The summed E-state index contributed by atoms with van der Waals surface area (Å²) in [6.07, 6.45) is 0. The van der Waals surface area contributed by atoms with Crippen molar-refractivity contribution >= 4 is 11.6 Å². The van der Waals surface area contributed by atoms with Crippen molar-refractivity contribution in [2.45, 2.75) is 6.61 Å². The number of hydrogen-bond acceptors (Lipinski definition) is 2. The fourth-order valence-corrected chi connectivity index (χ4v) is 2.20. The number of halogens is 1. The minimum absolute atomic E-state index is 0.201. The van der Waals surface area contributed by atoms with E-state index < -0.39 is 0 Å². The first kappa shape index (κ1) is 15.7. The van der Waals surface area contributed by atoms with Crippen LogP contribution >= 0.6 is 0 Å². The van der Waals surface area contributed by atoms with E-state index >= 15 is 0 Å². The van der Waals surface area contributed by atoms with Crippen molar-refractivity contribution in [3.8, 4) is 5.75 Å². The third kappa shape index (κ3) is 4.20. The molecule has 1 N–H and O–H groups in total. The first-order valence-electron chi connectivity index (χ1n) is 7.54.